The number of carbonyl (C=O) groups excluding carboxylic acids is 2. The van der Waals surface area contributed by atoms with E-state index in [4.69, 9.17) is 21.4 Å². The van der Waals surface area contributed by atoms with E-state index < -0.39 is 5.97 Å². The van der Waals surface area contributed by atoms with Crippen LogP contribution < -0.4 is 15.0 Å². The molecule has 0 spiro atoms. The van der Waals surface area contributed by atoms with E-state index in [9.17, 15) is 14.4 Å². The number of carboxylic acids is 1. The number of carboxylic acid groups (broad SMARTS) is 1. The van der Waals surface area contributed by atoms with Crippen LogP contribution in [0.15, 0.2) is 73.1 Å². The number of hydrogen-bond donors (Lipinski definition) is 2. The Balaban J connectivity index is 1.25. The van der Waals surface area contributed by atoms with Gasteiger partial charge in [0, 0.05) is 53.1 Å². The molecule has 0 bridgehead atoms. The molecule has 1 aliphatic rings. The molecule has 0 atom stereocenters. The third-order valence-electron chi connectivity index (χ3n) is 7.91. The number of carbonyl (C=O) groups is 3. The molecule has 4 aromatic rings. The quantitative estimate of drug-likeness (QED) is 0.178. The van der Waals surface area contributed by atoms with E-state index in [1.54, 1.807) is 18.2 Å². The Hall–Kier alpha value is -4.63. The van der Waals surface area contributed by atoms with Crippen molar-refractivity contribution >= 4 is 35.1 Å². The first-order valence-electron chi connectivity index (χ1n) is 15.2. The van der Waals surface area contributed by atoms with E-state index in [1.165, 1.54) is 0 Å². The molecule has 5 rings (SSSR count). The number of nitrogens with zero attached hydrogens (tertiary/aromatic N) is 3. The number of aromatic nitrogens is 2. The van der Waals surface area contributed by atoms with Crippen molar-refractivity contribution in [3.05, 3.63) is 100 Å². The zero-order valence-corrected chi connectivity index (χ0v) is 26.1. The molecule has 0 saturated heterocycles. The fourth-order valence-electron chi connectivity index (χ4n) is 5.57. The topological polar surface area (TPSA) is 114 Å². The third-order valence-corrected chi connectivity index (χ3v) is 8.32. The van der Waals surface area contributed by atoms with Crippen LogP contribution in [0.5, 0.6) is 5.75 Å². The lowest BCUT2D eigenvalue weighted by atomic mass is 9.97. The second kappa shape index (κ2) is 14.9. The van der Waals surface area contributed by atoms with Crippen LogP contribution in [-0.2, 0) is 22.6 Å². The number of fused-ring (bicyclic) bond motifs is 1. The summed E-state index contributed by atoms with van der Waals surface area (Å²) < 4.78 is 7.74. The molecule has 9 nitrogen and oxygen atoms in total. The predicted octanol–water partition coefficient (Wildman–Crippen LogP) is 6.29. The van der Waals surface area contributed by atoms with Gasteiger partial charge < -0.3 is 20.1 Å². The number of amides is 2. The van der Waals surface area contributed by atoms with Crippen LogP contribution in [0.4, 0.5) is 5.69 Å². The number of hydrogen-bond acceptors (Lipinski definition) is 5. The molecule has 2 amide bonds. The summed E-state index contributed by atoms with van der Waals surface area (Å²) >= 11 is 6.20. The minimum atomic E-state index is -0.959. The Morgan fingerprint density at radius 2 is 1.87 bits per heavy atom. The molecule has 234 valence electrons. The van der Waals surface area contributed by atoms with Crippen molar-refractivity contribution in [3.8, 4) is 16.9 Å². The predicted molar refractivity (Wildman–Crippen MR) is 174 cm³/mol. The highest BCUT2D eigenvalue weighted by atomic mass is 35.5. The maximum Gasteiger partial charge on any atom is 0.305 e. The zero-order valence-electron chi connectivity index (χ0n) is 25.3. The van der Waals surface area contributed by atoms with Gasteiger partial charge in [0.15, 0.2) is 0 Å². The monoisotopic (exact) mass is 628 g/mol. The molecule has 0 fully saturated rings. The lowest BCUT2D eigenvalue weighted by molar-refractivity contribution is -0.136. The second-order valence-electron chi connectivity index (χ2n) is 11.1. The Bertz CT molecular complexity index is 1680. The van der Waals surface area contributed by atoms with E-state index >= 15 is 0 Å². The molecular weight excluding hydrogens is 592 g/mol. The first kappa shape index (κ1) is 31.8. The molecule has 0 aliphatic carbocycles. The van der Waals surface area contributed by atoms with Gasteiger partial charge in [0.05, 0.1) is 25.8 Å². The van der Waals surface area contributed by atoms with Gasteiger partial charge in [-0.3, -0.25) is 19.1 Å². The molecule has 0 saturated carbocycles. The molecule has 0 radical (unpaired) electrons. The van der Waals surface area contributed by atoms with Crippen molar-refractivity contribution in [2.24, 2.45) is 0 Å². The average molecular weight is 629 g/mol. The number of aliphatic carboxylic acids is 1. The summed E-state index contributed by atoms with van der Waals surface area (Å²) in [6.07, 6.45) is 7.47. The number of nitrogens with one attached hydrogen (secondary N) is 1. The summed E-state index contributed by atoms with van der Waals surface area (Å²) in [5, 5.41) is 16.7. The van der Waals surface area contributed by atoms with Crippen LogP contribution in [0.25, 0.3) is 11.1 Å². The van der Waals surface area contributed by atoms with Gasteiger partial charge in [0.25, 0.3) is 5.91 Å². The van der Waals surface area contributed by atoms with Crippen LogP contribution in [0.1, 0.15) is 59.2 Å². The molecule has 1 aliphatic heterocycles. The van der Waals surface area contributed by atoms with Gasteiger partial charge in [-0.25, -0.2) is 0 Å². The minimum Gasteiger partial charge on any atom is -0.493 e. The third kappa shape index (κ3) is 8.10. The van der Waals surface area contributed by atoms with Crippen molar-refractivity contribution in [1.82, 2.24) is 15.1 Å². The van der Waals surface area contributed by atoms with Crippen molar-refractivity contribution in [2.45, 2.75) is 52.0 Å². The molecule has 3 aromatic carbocycles. The van der Waals surface area contributed by atoms with Crippen LogP contribution in [0, 0.1) is 6.92 Å². The van der Waals surface area contributed by atoms with Gasteiger partial charge in [0.2, 0.25) is 5.91 Å². The highest BCUT2D eigenvalue weighted by molar-refractivity contribution is 6.31. The molecule has 1 aromatic heterocycles. The standard InChI is InChI=1S/C35H37ClN4O5/c1-24-30(36)12-6-14-32(24)45-19-7-15-33(41)40-18-3-2-10-29-28(11-5-13-31(29)40)27-21-38-39(23-27)22-25-8-4-9-26(20-25)35(44)37-17-16-34(42)43/h4-6,8-9,11-14,20-21,23H,2-3,7,10,15-19,22H2,1H3,(H,37,44)(H,42,43). The van der Waals surface area contributed by atoms with E-state index in [0.717, 1.165) is 58.5 Å². The molecule has 10 heteroatoms. The SMILES string of the molecule is Cc1c(Cl)cccc1OCCCC(=O)N1CCCCc2c(-c3cnn(Cc4cccc(C(=O)NCCC(=O)O)c4)c3)cccc21. The maximum atomic E-state index is 13.4. The smallest absolute Gasteiger partial charge is 0.305 e. The van der Waals surface area contributed by atoms with Gasteiger partial charge in [0.1, 0.15) is 5.75 Å². The maximum absolute atomic E-state index is 13.4. The lowest BCUT2D eigenvalue weighted by Gasteiger charge is -2.24. The summed E-state index contributed by atoms with van der Waals surface area (Å²) in [7, 11) is 0. The average Bonchev–Trinajstić information content (AvgIpc) is 3.37. The highest BCUT2D eigenvalue weighted by Gasteiger charge is 2.23. The highest BCUT2D eigenvalue weighted by Crippen LogP contribution is 2.35. The van der Waals surface area contributed by atoms with Crippen LogP contribution in [0.3, 0.4) is 0 Å². The Kier molecular flexibility index (Phi) is 10.5. The largest absolute Gasteiger partial charge is 0.493 e. The number of benzene rings is 3. The number of halogens is 1. The fraction of sp³-hybridized carbons (Fsp3) is 0.314. The van der Waals surface area contributed by atoms with Crippen LogP contribution >= 0.6 is 11.6 Å². The number of rotatable bonds is 12. The van der Waals surface area contributed by atoms with Crippen LogP contribution in [-0.4, -0.2) is 52.4 Å². The van der Waals surface area contributed by atoms with E-state index in [2.05, 4.69) is 16.5 Å². The van der Waals surface area contributed by atoms with Gasteiger partial charge in [-0.15, -0.1) is 0 Å². The number of anilines is 1. The first-order chi connectivity index (χ1) is 21.8. The summed E-state index contributed by atoms with van der Waals surface area (Å²) in [5.74, 6) is -0.441. The lowest BCUT2D eigenvalue weighted by Crippen LogP contribution is -2.31. The minimum absolute atomic E-state index is 0.0729. The Labute approximate surface area is 267 Å². The summed E-state index contributed by atoms with van der Waals surface area (Å²) in [5.41, 5.74) is 6.39. The van der Waals surface area contributed by atoms with Gasteiger partial charge >= 0.3 is 5.97 Å². The van der Waals surface area contributed by atoms with E-state index in [-0.39, 0.29) is 24.8 Å². The summed E-state index contributed by atoms with van der Waals surface area (Å²) in [6, 6.07) is 18.9. The first-order valence-corrected chi connectivity index (χ1v) is 15.6. The Morgan fingerprint density at radius 1 is 1.04 bits per heavy atom. The molecule has 0 unspecified atom stereocenters. The molecule has 45 heavy (non-hydrogen) atoms. The number of ether oxygens (including phenoxy) is 1. The van der Waals surface area contributed by atoms with Crippen molar-refractivity contribution in [2.75, 3.05) is 24.6 Å². The second-order valence-corrected chi connectivity index (χ2v) is 11.6. The van der Waals surface area contributed by atoms with Gasteiger partial charge in [-0.2, -0.15) is 5.10 Å². The zero-order chi connectivity index (χ0) is 31.8. The van der Waals surface area contributed by atoms with Crippen molar-refractivity contribution < 1.29 is 24.2 Å². The molecule has 2 heterocycles. The molecule has 2 N–H and O–H groups in total. The normalized spacial score (nSPS) is 12.7. The van der Waals surface area contributed by atoms with Gasteiger partial charge in [-0.05, 0) is 79.6 Å². The van der Waals surface area contributed by atoms with Gasteiger partial charge in [-0.1, -0.05) is 41.9 Å². The summed E-state index contributed by atoms with van der Waals surface area (Å²) in [6.45, 7) is 3.58. The van der Waals surface area contributed by atoms with Crippen molar-refractivity contribution in [1.29, 1.82) is 0 Å². The Morgan fingerprint density at radius 3 is 2.71 bits per heavy atom. The van der Waals surface area contributed by atoms with Crippen molar-refractivity contribution in [3.63, 3.8) is 0 Å². The molecular formula is C35H37ClN4O5. The summed E-state index contributed by atoms with van der Waals surface area (Å²) in [4.78, 5) is 38.6. The van der Waals surface area contributed by atoms with E-state index in [0.29, 0.717) is 43.1 Å². The van der Waals surface area contributed by atoms with E-state index in [1.807, 2.05) is 65.3 Å². The van der Waals surface area contributed by atoms with Crippen LogP contribution in [0.2, 0.25) is 5.02 Å². The fourth-order valence-corrected chi connectivity index (χ4v) is 5.73.